The fourth-order valence-electron chi connectivity index (χ4n) is 1.64. The molecule has 1 aromatic carbocycles. The van der Waals surface area contributed by atoms with Crippen molar-refractivity contribution in [2.45, 2.75) is 13.5 Å². The van der Waals surface area contributed by atoms with Crippen LogP contribution in [0.3, 0.4) is 0 Å². The molecule has 1 N–H and O–H groups in total. The number of aromatic hydroxyl groups is 1. The lowest BCUT2D eigenvalue weighted by Gasteiger charge is -2.20. The first-order valence-corrected chi connectivity index (χ1v) is 6.47. The molecule has 1 amide bonds. The van der Waals surface area contributed by atoms with Crippen LogP contribution < -0.4 is 0 Å². The molecule has 0 aromatic heterocycles. The Balaban J connectivity index is 2.76. The first kappa shape index (κ1) is 15.0. The van der Waals surface area contributed by atoms with E-state index in [0.717, 1.165) is 15.6 Å². The number of likely N-dealkylation sites (N-methyl/N-ethyl adjacent to an activating group) is 2. The number of phenolic OH excluding ortho intramolecular Hbond substituents is 1. The van der Waals surface area contributed by atoms with Crippen molar-refractivity contribution in [3.8, 4) is 5.75 Å². The van der Waals surface area contributed by atoms with Crippen LogP contribution in [0.4, 0.5) is 0 Å². The van der Waals surface area contributed by atoms with Crippen molar-refractivity contribution < 1.29 is 9.90 Å². The molecule has 100 valence electrons. The van der Waals surface area contributed by atoms with Crippen LogP contribution in [0, 0.1) is 6.92 Å². The number of benzene rings is 1. The number of carbonyl (C=O) groups excluding carboxylic acids is 1. The lowest BCUT2D eigenvalue weighted by Crippen LogP contribution is -2.34. The van der Waals surface area contributed by atoms with Crippen molar-refractivity contribution in [2.24, 2.45) is 0 Å². The number of hydrogen-bond donors (Lipinski definition) is 1. The first-order valence-electron chi connectivity index (χ1n) is 5.68. The van der Waals surface area contributed by atoms with E-state index in [1.807, 2.05) is 31.0 Å². The molecule has 0 bridgehead atoms. The van der Waals surface area contributed by atoms with Gasteiger partial charge in [-0.2, -0.15) is 0 Å². The van der Waals surface area contributed by atoms with E-state index < -0.39 is 0 Å². The number of hydrogen-bond acceptors (Lipinski definition) is 3. The smallest absolute Gasteiger partial charge is 0.236 e. The standard InChI is InChI=1S/C13H19BrN2O2/c1-9-5-11(14)6-10(13(9)18)7-16(4)8-12(17)15(2)3/h5-6,18H,7-8H2,1-4H3. The van der Waals surface area contributed by atoms with Crippen molar-refractivity contribution in [1.29, 1.82) is 0 Å². The molecule has 18 heavy (non-hydrogen) atoms. The summed E-state index contributed by atoms with van der Waals surface area (Å²) in [5.74, 6) is 0.339. The molecular formula is C13H19BrN2O2. The van der Waals surface area contributed by atoms with Gasteiger partial charge in [0.15, 0.2) is 0 Å². The summed E-state index contributed by atoms with van der Waals surface area (Å²) < 4.78 is 0.931. The van der Waals surface area contributed by atoms with Gasteiger partial charge in [0, 0.05) is 30.7 Å². The van der Waals surface area contributed by atoms with Gasteiger partial charge in [-0.05, 0) is 31.7 Å². The van der Waals surface area contributed by atoms with Gasteiger partial charge in [0.05, 0.1) is 6.54 Å². The van der Waals surface area contributed by atoms with Crippen molar-refractivity contribution in [2.75, 3.05) is 27.7 Å². The summed E-state index contributed by atoms with van der Waals surface area (Å²) in [6, 6.07) is 3.74. The molecule has 0 aliphatic rings. The van der Waals surface area contributed by atoms with E-state index >= 15 is 0 Å². The largest absolute Gasteiger partial charge is 0.507 e. The Labute approximate surface area is 116 Å². The summed E-state index contributed by atoms with van der Waals surface area (Å²) >= 11 is 3.41. The minimum Gasteiger partial charge on any atom is -0.507 e. The third kappa shape index (κ3) is 3.99. The Morgan fingerprint density at radius 1 is 1.33 bits per heavy atom. The number of rotatable bonds is 4. The summed E-state index contributed by atoms with van der Waals surface area (Å²) in [5, 5.41) is 9.97. The molecule has 1 aromatic rings. The molecule has 0 heterocycles. The van der Waals surface area contributed by atoms with Gasteiger partial charge < -0.3 is 10.0 Å². The van der Waals surface area contributed by atoms with E-state index in [1.165, 1.54) is 0 Å². The highest BCUT2D eigenvalue weighted by Crippen LogP contribution is 2.27. The Kier molecular flexibility index (Phi) is 5.16. The minimum absolute atomic E-state index is 0.0451. The highest BCUT2D eigenvalue weighted by Gasteiger charge is 2.12. The lowest BCUT2D eigenvalue weighted by molar-refractivity contribution is -0.129. The maximum Gasteiger partial charge on any atom is 0.236 e. The minimum atomic E-state index is 0.0451. The predicted octanol–water partition coefficient (Wildman–Crippen LogP) is 1.98. The zero-order valence-electron chi connectivity index (χ0n) is 11.2. The van der Waals surface area contributed by atoms with Crippen molar-refractivity contribution in [3.63, 3.8) is 0 Å². The van der Waals surface area contributed by atoms with Crippen LogP contribution in [0.15, 0.2) is 16.6 Å². The second-order valence-corrected chi connectivity index (χ2v) is 5.61. The van der Waals surface area contributed by atoms with Crippen LogP contribution in [-0.2, 0) is 11.3 Å². The van der Waals surface area contributed by atoms with Gasteiger partial charge in [0.2, 0.25) is 5.91 Å². The van der Waals surface area contributed by atoms with Crippen molar-refractivity contribution >= 4 is 21.8 Å². The number of aryl methyl sites for hydroxylation is 1. The van der Waals surface area contributed by atoms with Crippen LogP contribution in [-0.4, -0.2) is 48.5 Å². The molecule has 0 radical (unpaired) electrons. The van der Waals surface area contributed by atoms with Gasteiger partial charge in [-0.1, -0.05) is 15.9 Å². The van der Waals surface area contributed by atoms with Gasteiger partial charge in [-0.25, -0.2) is 0 Å². The quantitative estimate of drug-likeness (QED) is 0.924. The third-order valence-corrected chi connectivity index (χ3v) is 3.15. The highest BCUT2D eigenvalue weighted by molar-refractivity contribution is 9.10. The zero-order chi connectivity index (χ0) is 13.9. The van der Waals surface area contributed by atoms with Crippen molar-refractivity contribution in [1.82, 2.24) is 9.80 Å². The molecule has 0 saturated carbocycles. The fraction of sp³-hybridized carbons (Fsp3) is 0.462. The summed E-state index contributed by atoms with van der Waals surface area (Å²) in [6.45, 7) is 2.72. The Bertz CT molecular complexity index is 447. The van der Waals surface area contributed by atoms with E-state index in [4.69, 9.17) is 0 Å². The van der Waals surface area contributed by atoms with Crippen LogP contribution in [0.25, 0.3) is 0 Å². The average molecular weight is 315 g/mol. The molecule has 1 rings (SSSR count). The van der Waals surface area contributed by atoms with Gasteiger partial charge >= 0.3 is 0 Å². The number of halogens is 1. The van der Waals surface area contributed by atoms with Gasteiger partial charge in [0.1, 0.15) is 5.75 Å². The molecule has 5 heteroatoms. The number of nitrogens with zero attached hydrogens (tertiary/aromatic N) is 2. The normalized spacial score (nSPS) is 10.8. The average Bonchev–Trinajstić information content (AvgIpc) is 2.24. The molecule has 0 fully saturated rings. The zero-order valence-corrected chi connectivity index (χ0v) is 12.8. The van der Waals surface area contributed by atoms with E-state index in [9.17, 15) is 9.90 Å². The molecular weight excluding hydrogens is 296 g/mol. The topological polar surface area (TPSA) is 43.8 Å². The highest BCUT2D eigenvalue weighted by atomic mass is 79.9. The summed E-state index contributed by atoms with van der Waals surface area (Å²) in [7, 11) is 5.32. The summed E-state index contributed by atoms with van der Waals surface area (Å²) in [6.07, 6.45) is 0. The van der Waals surface area contributed by atoms with E-state index in [1.54, 1.807) is 19.0 Å². The second kappa shape index (κ2) is 6.20. The maximum absolute atomic E-state index is 11.6. The number of amides is 1. The Morgan fingerprint density at radius 2 is 1.94 bits per heavy atom. The SMILES string of the molecule is Cc1cc(Br)cc(CN(C)CC(=O)N(C)C)c1O. The monoisotopic (exact) mass is 314 g/mol. The number of phenols is 1. The third-order valence-electron chi connectivity index (χ3n) is 2.69. The van der Waals surface area contributed by atoms with E-state index in [2.05, 4.69) is 15.9 Å². The molecule has 4 nitrogen and oxygen atoms in total. The molecule has 0 saturated heterocycles. The molecule has 0 aliphatic carbocycles. The Morgan fingerprint density at radius 3 is 2.50 bits per heavy atom. The van der Waals surface area contributed by atoms with Crippen molar-refractivity contribution in [3.05, 3.63) is 27.7 Å². The number of carbonyl (C=O) groups is 1. The summed E-state index contributed by atoms with van der Waals surface area (Å²) in [4.78, 5) is 15.0. The van der Waals surface area contributed by atoms with Crippen LogP contribution in [0.2, 0.25) is 0 Å². The molecule has 0 unspecified atom stereocenters. The molecule has 0 spiro atoms. The first-order chi connectivity index (χ1) is 8.31. The van der Waals surface area contributed by atoms with Crippen LogP contribution in [0.1, 0.15) is 11.1 Å². The maximum atomic E-state index is 11.6. The molecule has 0 aliphatic heterocycles. The van der Waals surface area contributed by atoms with Crippen LogP contribution in [0.5, 0.6) is 5.75 Å². The van der Waals surface area contributed by atoms with E-state index in [-0.39, 0.29) is 5.91 Å². The second-order valence-electron chi connectivity index (χ2n) is 4.69. The van der Waals surface area contributed by atoms with Gasteiger partial charge in [-0.15, -0.1) is 0 Å². The lowest BCUT2D eigenvalue weighted by atomic mass is 10.1. The molecule has 0 atom stereocenters. The van der Waals surface area contributed by atoms with Gasteiger partial charge in [-0.3, -0.25) is 9.69 Å². The van der Waals surface area contributed by atoms with Crippen LogP contribution >= 0.6 is 15.9 Å². The van der Waals surface area contributed by atoms with Gasteiger partial charge in [0.25, 0.3) is 0 Å². The van der Waals surface area contributed by atoms with E-state index in [0.29, 0.717) is 18.8 Å². The summed E-state index contributed by atoms with van der Waals surface area (Å²) in [5.41, 5.74) is 1.64. The predicted molar refractivity (Wildman–Crippen MR) is 75.6 cm³/mol. The fourth-order valence-corrected chi connectivity index (χ4v) is 2.26. The Hall–Kier alpha value is -1.07.